The van der Waals surface area contributed by atoms with E-state index in [1.165, 1.54) is 41.3 Å². The van der Waals surface area contributed by atoms with Gasteiger partial charge in [0.1, 0.15) is 22.8 Å². The van der Waals surface area contributed by atoms with Crippen LogP contribution in [0.15, 0.2) is 67.3 Å². The molecule has 5 rings (SSSR count). The van der Waals surface area contributed by atoms with Gasteiger partial charge >= 0.3 is 12.8 Å². The number of fused-ring (bicyclic) bond motifs is 1. The van der Waals surface area contributed by atoms with Crippen molar-refractivity contribution in [1.82, 2.24) is 24.8 Å². The van der Waals surface area contributed by atoms with Crippen LogP contribution in [-0.2, 0) is 12.7 Å². The van der Waals surface area contributed by atoms with E-state index in [1.54, 1.807) is 12.3 Å². The van der Waals surface area contributed by atoms with E-state index >= 15 is 0 Å². The minimum atomic E-state index is -4.60. The first-order valence-electron chi connectivity index (χ1n) is 11.4. The van der Waals surface area contributed by atoms with Gasteiger partial charge in [0.15, 0.2) is 5.65 Å². The fraction of sp³-hybridized carbons (Fsp3) is 0.120. The van der Waals surface area contributed by atoms with E-state index in [4.69, 9.17) is 10.5 Å². The van der Waals surface area contributed by atoms with E-state index in [9.17, 15) is 26.7 Å². The van der Waals surface area contributed by atoms with Crippen molar-refractivity contribution in [1.29, 1.82) is 0 Å². The minimum absolute atomic E-state index is 0.0227. The van der Waals surface area contributed by atoms with Crippen LogP contribution in [0.2, 0.25) is 0 Å². The Morgan fingerprint density at radius 1 is 1.12 bits per heavy atom. The van der Waals surface area contributed by atoms with E-state index in [0.29, 0.717) is 0 Å². The molecule has 0 aliphatic carbocycles. The Morgan fingerprint density at radius 3 is 2.65 bits per heavy atom. The maximum atomic E-state index is 13.2. The Kier molecular flexibility index (Phi) is 7.04. The Hall–Kier alpha value is -5.05. The number of halogens is 5. The summed E-state index contributed by atoms with van der Waals surface area (Å²) in [6.45, 7) is -3.57. The van der Waals surface area contributed by atoms with Crippen LogP contribution in [-0.4, -0.2) is 37.3 Å². The average molecular weight is 559 g/mol. The summed E-state index contributed by atoms with van der Waals surface area (Å²) in [5.41, 5.74) is 5.05. The number of hydrogen-bond acceptors (Lipinski definition) is 7. The van der Waals surface area contributed by atoms with Crippen LogP contribution in [0.4, 0.5) is 27.6 Å². The number of hydrogen-bond donors (Lipinski definition) is 3. The van der Waals surface area contributed by atoms with Crippen LogP contribution >= 0.6 is 0 Å². The van der Waals surface area contributed by atoms with Crippen LogP contribution < -0.4 is 20.5 Å². The van der Waals surface area contributed by atoms with Crippen molar-refractivity contribution < 1.29 is 36.2 Å². The number of aromatic nitrogens is 5. The van der Waals surface area contributed by atoms with Crippen molar-refractivity contribution >= 4 is 17.2 Å². The molecule has 0 atom stereocenters. The maximum Gasteiger partial charge on any atom is 0.416 e. The number of amides is 1. The lowest BCUT2D eigenvalue weighted by atomic mass is 10.1. The summed E-state index contributed by atoms with van der Waals surface area (Å²) < 4.78 is 77.8. The first-order chi connectivity index (χ1) is 19.1. The number of nitrogens with one attached hydrogen (secondary N) is 2. The largest absolute Gasteiger partial charge is 0.457 e. The summed E-state index contributed by atoms with van der Waals surface area (Å²) in [5.74, 6) is -0.785. The minimum Gasteiger partial charge on any atom is -0.457 e. The number of anilines is 1. The number of carbonyl (C=O) groups excluding carboxylic acids is 1. The summed E-state index contributed by atoms with van der Waals surface area (Å²) in [6, 6.07) is 8.50. The standard InChI is InChI=1S/C25H18F5N7O3/c26-24(27)40-20-5-3-15(39-14-2-4-18(25(28,29)30)13(8-14)10-31)9-16(20)21-19(12-33-36-21)35-23(38)17-11-34-37-7-1-6-32-22(17)37/h1-9,11-12,24H,10,31H2,(H,33,36)(H,35,38). The Balaban J connectivity index is 1.48. The van der Waals surface area contributed by atoms with Gasteiger partial charge in [-0.1, -0.05) is 0 Å². The highest BCUT2D eigenvalue weighted by Gasteiger charge is 2.33. The lowest BCUT2D eigenvalue weighted by molar-refractivity contribution is -0.138. The maximum absolute atomic E-state index is 13.2. The number of H-pyrrole nitrogens is 1. The highest BCUT2D eigenvalue weighted by molar-refractivity contribution is 6.09. The molecular formula is C25H18F5N7O3. The Labute approximate surface area is 221 Å². The van der Waals surface area contributed by atoms with E-state index in [1.807, 2.05) is 0 Å². The van der Waals surface area contributed by atoms with Gasteiger partial charge in [-0.3, -0.25) is 9.89 Å². The predicted molar refractivity (Wildman–Crippen MR) is 131 cm³/mol. The second-order valence-electron chi connectivity index (χ2n) is 8.22. The molecule has 0 unspecified atom stereocenters. The zero-order chi connectivity index (χ0) is 28.4. The van der Waals surface area contributed by atoms with Gasteiger partial charge in [0, 0.05) is 24.5 Å². The Bertz CT molecular complexity index is 1680. The van der Waals surface area contributed by atoms with Crippen molar-refractivity contribution in [3.05, 3.63) is 83.9 Å². The quantitative estimate of drug-likeness (QED) is 0.222. The van der Waals surface area contributed by atoms with Crippen LogP contribution in [0.1, 0.15) is 21.5 Å². The average Bonchev–Trinajstić information content (AvgIpc) is 3.55. The first kappa shape index (κ1) is 26.6. The number of nitrogens with zero attached hydrogens (tertiary/aromatic N) is 4. The molecule has 4 N–H and O–H groups in total. The van der Waals surface area contributed by atoms with Crippen molar-refractivity contribution in [3.8, 4) is 28.5 Å². The second-order valence-corrected chi connectivity index (χ2v) is 8.22. The molecule has 3 heterocycles. The van der Waals surface area contributed by atoms with Crippen LogP contribution in [0.3, 0.4) is 0 Å². The third-order valence-electron chi connectivity index (χ3n) is 5.69. The highest BCUT2D eigenvalue weighted by atomic mass is 19.4. The normalized spacial score (nSPS) is 11.7. The number of rotatable bonds is 8. The molecule has 0 aliphatic rings. The molecule has 0 bridgehead atoms. The molecule has 0 saturated carbocycles. The SMILES string of the molecule is NCc1cc(Oc2ccc(OC(F)F)c(-c3[nH]ncc3NC(=O)c3cnn4cccnc34)c2)ccc1C(F)(F)F. The van der Waals surface area contributed by atoms with Gasteiger partial charge in [-0.25, -0.2) is 9.50 Å². The molecule has 0 saturated heterocycles. The molecule has 206 valence electrons. The van der Waals surface area contributed by atoms with Crippen LogP contribution in [0.25, 0.3) is 16.9 Å². The van der Waals surface area contributed by atoms with Gasteiger partial charge in [0.25, 0.3) is 5.91 Å². The molecule has 15 heteroatoms. The number of aromatic amines is 1. The van der Waals surface area contributed by atoms with Gasteiger partial charge in [-0.15, -0.1) is 0 Å². The van der Waals surface area contributed by atoms with Gasteiger partial charge < -0.3 is 20.5 Å². The molecular weight excluding hydrogens is 541 g/mol. The fourth-order valence-electron chi connectivity index (χ4n) is 3.95. The van der Waals surface area contributed by atoms with Gasteiger partial charge in [0.05, 0.1) is 29.3 Å². The molecule has 0 radical (unpaired) electrons. The lowest BCUT2D eigenvalue weighted by Gasteiger charge is -2.15. The molecule has 10 nitrogen and oxygen atoms in total. The molecule has 0 aliphatic heterocycles. The summed E-state index contributed by atoms with van der Waals surface area (Å²) in [5, 5.41) is 13.2. The number of benzene rings is 2. The predicted octanol–water partition coefficient (Wildman–Crippen LogP) is 5.24. The van der Waals surface area contributed by atoms with Gasteiger partial charge in [-0.05, 0) is 48.0 Å². The van der Waals surface area contributed by atoms with Gasteiger partial charge in [-0.2, -0.15) is 32.1 Å². The van der Waals surface area contributed by atoms with Crippen molar-refractivity contribution in [2.45, 2.75) is 19.3 Å². The van der Waals surface area contributed by atoms with E-state index in [0.717, 1.165) is 18.2 Å². The molecule has 0 spiro atoms. The van der Waals surface area contributed by atoms with Crippen molar-refractivity contribution in [2.24, 2.45) is 5.73 Å². The number of ether oxygens (including phenoxy) is 2. The summed E-state index contributed by atoms with van der Waals surface area (Å²) in [6.07, 6.45) is 1.07. The molecule has 0 fully saturated rings. The summed E-state index contributed by atoms with van der Waals surface area (Å²) >= 11 is 0. The van der Waals surface area contributed by atoms with Crippen molar-refractivity contribution in [2.75, 3.05) is 5.32 Å². The topological polar surface area (TPSA) is 132 Å². The third-order valence-corrected chi connectivity index (χ3v) is 5.69. The third kappa shape index (κ3) is 5.40. The number of alkyl halides is 5. The molecule has 40 heavy (non-hydrogen) atoms. The summed E-state index contributed by atoms with van der Waals surface area (Å²) in [4.78, 5) is 17.1. The highest BCUT2D eigenvalue weighted by Crippen LogP contribution is 2.39. The zero-order valence-corrected chi connectivity index (χ0v) is 20.1. The monoisotopic (exact) mass is 559 g/mol. The van der Waals surface area contributed by atoms with Crippen molar-refractivity contribution in [3.63, 3.8) is 0 Å². The van der Waals surface area contributed by atoms with Crippen LogP contribution in [0.5, 0.6) is 17.2 Å². The van der Waals surface area contributed by atoms with E-state index < -0.39 is 30.8 Å². The second kappa shape index (κ2) is 10.6. The smallest absolute Gasteiger partial charge is 0.416 e. The fourth-order valence-corrected chi connectivity index (χ4v) is 3.95. The zero-order valence-electron chi connectivity index (χ0n) is 20.1. The molecule has 5 aromatic rings. The first-order valence-corrected chi connectivity index (χ1v) is 11.4. The Morgan fingerprint density at radius 2 is 1.90 bits per heavy atom. The van der Waals surface area contributed by atoms with Crippen LogP contribution in [0, 0.1) is 0 Å². The summed E-state index contributed by atoms with van der Waals surface area (Å²) in [7, 11) is 0. The number of carbonyl (C=O) groups is 1. The molecule has 2 aromatic carbocycles. The van der Waals surface area contributed by atoms with E-state index in [2.05, 4.69) is 30.3 Å². The van der Waals surface area contributed by atoms with Gasteiger partial charge in [0.2, 0.25) is 0 Å². The molecule has 3 aromatic heterocycles. The molecule has 1 amide bonds. The number of nitrogens with two attached hydrogens (primary N) is 1. The lowest BCUT2D eigenvalue weighted by Crippen LogP contribution is -2.12. The van der Waals surface area contributed by atoms with E-state index in [-0.39, 0.29) is 51.0 Å².